The van der Waals surface area contributed by atoms with E-state index in [1.807, 2.05) is 6.92 Å². The molecule has 0 rings (SSSR count). The van der Waals surface area contributed by atoms with Crippen molar-refractivity contribution in [2.75, 3.05) is 46.6 Å². The summed E-state index contributed by atoms with van der Waals surface area (Å²) in [6, 6.07) is 0. The van der Waals surface area contributed by atoms with Crippen molar-refractivity contribution in [3.8, 4) is 0 Å². The Balaban J connectivity index is 0. The maximum absolute atomic E-state index is 5.38. The van der Waals surface area contributed by atoms with E-state index in [-0.39, 0.29) is 24.0 Å². The van der Waals surface area contributed by atoms with Gasteiger partial charge in [-0.05, 0) is 26.7 Å². The average molecular weight is 399 g/mol. The van der Waals surface area contributed by atoms with E-state index >= 15 is 0 Å². The maximum atomic E-state index is 5.38. The van der Waals surface area contributed by atoms with Crippen LogP contribution in [0.15, 0.2) is 17.1 Å². The molecule has 5 nitrogen and oxygen atoms in total. The first-order chi connectivity index (χ1) is 9.35. The molecule has 0 radical (unpaired) electrons. The summed E-state index contributed by atoms with van der Waals surface area (Å²) < 4.78 is 10.3. The van der Waals surface area contributed by atoms with Gasteiger partial charge < -0.3 is 20.1 Å². The molecule has 120 valence electrons. The van der Waals surface area contributed by atoms with Gasteiger partial charge in [-0.1, -0.05) is 12.2 Å². The number of nitrogens with zero attached hydrogens (tertiary/aromatic N) is 1. The number of halogens is 1. The van der Waals surface area contributed by atoms with Gasteiger partial charge in [-0.2, -0.15) is 0 Å². The fraction of sp³-hybridized carbons (Fsp3) is 0.786. The van der Waals surface area contributed by atoms with Crippen molar-refractivity contribution in [1.82, 2.24) is 10.6 Å². The van der Waals surface area contributed by atoms with Gasteiger partial charge in [0.1, 0.15) is 0 Å². The van der Waals surface area contributed by atoms with Crippen LogP contribution in [0, 0.1) is 0 Å². The molecule has 0 saturated carbocycles. The van der Waals surface area contributed by atoms with Gasteiger partial charge in [-0.15, -0.1) is 24.0 Å². The van der Waals surface area contributed by atoms with Crippen LogP contribution in [0.4, 0.5) is 0 Å². The van der Waals surface area contributed by atoms with Gasteiger partial charge in [-0.25, -0.2) is 0 Å². The zero-order chi connectivity index (χ0) is 14.2. The molecule has 20 heavy (non-hydrogen) atoms. The van der Waals surface area contributed by atoms with Gasteiger partial charge >= 0.3 is 0 Å². The number of nitrogens with one attached hydrogen (secondary N) is 2. The van der Waals surface area contributed by atoms with E-state index in [1.54, 1.807) is 7.11 Å². The Morgan fingerprint density at radius 2 is 2.00 bits per heavy atom. The van der Waals surface area contributed by atoms with Crippen LogP contribution in [-0.4, -0.2) is 52.5 Å². The summed E-state index contributed by atoms with van der Waals surface area (Å²) in [6.07, 6.45) is 6.14. The second kappa shape index (κ2) is 18.7. The highest BCUT2D eigenvalue weighted by Gasteiger charge is 1.95. The van der Waals surface area contributed by atoms with Crippen LogP contribution in [-0.2, 0) is 9.47 Å². The van der Waals surface area contributed by atoms with Crippen LogP contribution in [0.2, 0.25) is 0 Å². The lowest BCUT2D eigenvalue weighted by Crippen LogP contribution is -2.37. The second-order valence-electron chi connectivity index (χ2n) is 4.00. The summed E-state index contributed by atoms with van der Waals surface area (Å²) in [5, 5.41) is 6.52. The van der Waals surface area contributed by atoms with Gasteiger partial charge in [0.15, 0.2) is 5.96 Å². The summed E-state index contributed by atoms with van der Waals surface area (Å²) in [5.41, 5.74) is 0. The van der Waals surface area contributed by atoms with E-state index in [2.05, 4.69) is 34.7 Å². The van der Waals surface area contributed by atoms with Crippen LogP contribution in [0.5, 0.6) is 0 Å². The molecule has 0 aliphatic heterocycles. The minimum atomic E-state index is 0. The average Bonchev–Trinajstić information content (AvgIpc) is 2.42. The summed E-state index contributed by atoms with van der Waals surface area (Å²) in [4.78, 5) is 4.49. The minimum absolute atomic E-state index is 0. The monoisotopic (exact) mass is 399 g/mol. The number of methoxy groups -OCH3 is 1. The predicted molar refractivity (Wildman–Crippen MR) is 96.1 cm³/mol. The SMILES string of the molecule is C/C=C/CCNC(=NCCCOCCOC)NCC.I. The molecule has 0 aliphatic rings. The Morgan fingerprint density at radius 1 is 1.20 bits per heavy atom. The second-order valence-corrected chi connectivity index (χ2v) is 4.00. The van der Waals surface area contributed by atoms with Crippen LogP contribution >= 0.6 is 24.0 Å². The quantitative estimate of drug-likeness (QED) is 0.184. The van der Waals surface area contributed by atoms with Crippen molar-refractivity contribution >= 4 is 29.9 Å². The summed E-state index contributed by atoms with van der Waals surface area (Å²) in [5.74, 6) is 0.879. The lowest BCUT2D eigenvalue weighted by atomic mass is 10.4. The predicted octanol–water partition coefficient (Wildman–Crippen LogP) is 2.18. The molecule has 0 fully saturated rings. The third-order valence-corrected chi connectivity index (χ3v) is 2.33. The first-order valence-electron chi connectivity index (χ1n) is 7.05. The number of hydrogen-bond donors (Lipinski definition) is 2. The van der Waals surface area contributed by atoms with Crippen LogP contribution in [0.25, 0.3) is 0 Å². The van der Waals surface area contributed by atoms with Crippen LogP contribution < -0.4 is 10.6 Å². The third kappa shape index (κ3) is 15.7. The molecular weight excluding hydrogens is 369 g/mol. The fourth-order valence-corrected chi connectivity index (χ4v) is 1.38. The molecule has 0 aliphatic carbocycles. The lowest BCUT2D eigenvalue weighted by molar-refractivity contribution is 0.0702. The molecule has 0 atom stereocenters. The minimum Gasteiger partial charge on any atom is -0.382 e. The smallest absolute Gasteiger partial charge is 0.191 e. The Bertz CT molecular complexity index is 249. The fourth-order valence-electron chi connectivity index (χ4n) is 1.38. The maximum Gasteiger partial charge on any atom is 0.191 e. The molecular formula is C14H30IN3O2. The van der Waals surface area contributed by atoms with Gasteiger partial charge in [0, 0.05) is 33.4 Å². The van der Waals surface area contributed by atoms with Gasteiger partial charge in [-0.3, -0.25) is 4.99 Å². The molecule has 0 spiro atoms. The van der Waals surface area contributed by atoms with Gasteiger partial charge in [0.2, 0.25) is 0 Å². The van der Waals surface area contributed by atoms with E-state index in [9.17, 15) is 0 Å². The van der Waals surface area contributed by atoms with Gasteiger partial charge in [0.05, 0.1) is 13.2 Å². The molecule has 0 aromatic heterocycles. The van der Waals surface area contributed by atoms with Crippen molar-refractivity contribution in [1.29, 1.82) is 0 Å². The first kappa shape index (κ1) is 21.9. The molecule has 0 aromatic carbocycles. The van der Waals surface area contributed by atoms with Gasteiger partial charge in [0.25, 0.3) is 0 Å². The Kier molecular flexibility index (Phi) is 20.5. The van der Waals surface area contributed by atoms with E-state index in [4.69, 9.17) is 9.47 Å². The number of ether oxygens (including phenoxy) is 2. The normalized spacial score (nSPS) is 11.4. The number of hydrogen-bond acceptors (Lipinski definition) is 3. The molecule has 0 bridgehead atoms. The van der Waals surface area contributed by atoms with E-state index in [0.29, 0.717) is 13.2 Å². The van der Waals surface area contributed by atoms with E-state index < -0.39 is 0 Å². The number of guanidine groups is 1. The summed E-state index contributed by atoms with van der Waals surface area (Å²) >= 11 is 0. The summed E-state index contributed by atoms with van der Waals surface area (Å²) in [7, 11) is 1.68. The molecule has 0 amide bonds. The van der Waals surface area contributed by atoms with Crippen molar-refractivity contribution in [3.05, 3.63) is 12.2 Å². The number of aliphatic imine (C=N–C) groups is 1. The first-order valence-corrected chi connectivity index (χ1v) is 7.05. The number of rotatable bonds is 11. The van der Waals surface area contributed by atoms with Crippen molar-refractivity contribution in [2.45, 2.75) is 26.7 Å². The van der Waals surface area contributed by atoms with Crippen LogP contribution in [0.1, 0.15) is 26.7 Å². The van der Waals surface area contributed by atoms with Crippen LogP contribution in [0.3, 0.4) is 0 Å². The zero-order valence-electron chi connectivity index (χ0n) is 13.0. The highest BCUT2D eigenvalue weighted by Crippen LogP contribution is 1.86. The molecule has 0 heterocycles. The highest BCUT2D eigenvalue weighted by molar-refractivity contribution is 14.0. The van der Waals surface area contributed by atoms with Crippen molar-refractivity contribution in [2.24, 2.45) is 4.99 Å². The van der Waals surface area contributed by atoms with E-state index in [1.165, 1.54) is 0 Å². The Hall–Kier alpha value is -0.340. The van der Waals surface area contributed by atoms with E-state index in [0.717, 1.165) is 45.0 Å². The molecule has 0 aromatic rings. The zero-order valence-corrected chi connectivity index (χ0v) is 15.3. The topological polar surface area (TPSA) is 54.9 Å². The standard InChI is InChI=1S/C14H29N3O2.HI/c1-4-6-7-9-16-14(15-5-2)17-10-8-11-19-13-12-18-3;/h4,6H,5,7-13H2,1-3H3,(H2,15,16,17);1H/b6-4+;. The Labute approximate surface area is 140 Å². The Morgan fingerprint density at radius 3 is 2.65 bits per heavy atom. The molecule has 0 unspecified atom stereocenters. The third-order valence-electron chi connectivity index (χ3n) is 2.33. The number of allylic oxidation sites excluding steroid dienone is 1. The lowest BCUT2D eigenvalue weighted by Gasteiger charge is -2.10. The van der Waals surface area contributed by atoms with Crippen molar-refractivity contribution < 1.29 is 9.47 Å². The molecule has 2 N–H and O–H groups in total. The highest BCUT2D eigenvalue weighted by atomic mass is 127. The molecule has 0 saturated heterocycles. The molecule has 6 heteroatoms. The summed E-state index contributed by atoms with van der Waals surface area (Å²) in [6.45, 7) is 8.68. The largest absolute Gasteiger partial charge is 0.382 e. The van der Waals surface area contributed by atoms with Crippen molar-refractivity contribution in [3.63, 3.8) is 0 Å².